The normalized spacial score (nSPS) is 10.7. The van der Waals surface area contributed by atoms with Gasteiger partial charge < -0.3 is 10.2 Å². The average molecular weight is 292 g/mol. The second-order valence-corrected chi connectivity index (χ2v) is 5.17. The maximum Gasteiger partial charge on any atom is 0.243 e. The van der Waals surface area contributed by atoms with E-state index in [9.17, 15) is 9.18 Å². The number of aryl methyl sites for hydroxylation is 1. The second-order valence-electron chi connectivity index (χ2n) is 5.17. The van der Waals surface area contributed by atoms with Crippen molar-refractivity contribution >= 4 is 5.91 Å². The van der Waals surface area contributed by atoms with E-state index >= 15 is 0 Å². The number of amides is 1. The lowest BCUT2D eigenvalue weighted by atomic mass is 10.1. The zero-order chi connectivity index (χ0) is 15.7. The summed E-state index contributed by atoms with van der Waals surface area (Å²) in [5, 5.41) is 2.78. The van der Waals surface area contributed by atoms with E-state index < -0.39 is 0 Å². The molecule has 0 aliphatic heterocycles. The first-order valence-corrected chi connectivity index (χ1v) is 7.44. The van der Waals surface area contributed by atoms with Gasteiger partial charge >= 0.3 is 0 Å². The van der Waals surface area contributed by atoms with Crippen molar-refractivity contribution in [1.82, 2.24) is 10.2 Å². The van der Waals surface area contributed by atoms with Crippen molar-refractivity contribution in [3.8, 4) is 0 Å². The van der Waals surface area contributed by atoms with Gasteiger partial charge in [0.2, 0.25) is 5.91 Å². The van der Waals surface area contributed by atoms with E-state index in [0.29, 0.717) is 12.1 Å². The molecule has 1 aromatic carbocycles. The van der Waals surface area contributed by atoms with Crippen LogP contribution in [0.3, 0.4) is 0 Å². The van der Waals surface area contributed by atoms with Gasteiger partial charge in [0.1, 0.15) is 5.82 Å². The molecule has 4 heteroatoms. The molecule has 0 unspecified atom stereocenters. The highest BCUT2D eigenvalue weighted by Crippen LogP contribution is 2.10. The molecule has 1 amide bonds. The molecule has 0 radical (unpaired) electrons. The third-order valence-corrected chi connectivity index (χ3v) is 3.41. The molecule has 3 nitrogen and oxygen atoms in total. The number of nitrogens with one attached hydrogen (secondary N) is 1. The maximum absolute atomic E-state index is 13.5. The van der Waals surface area contributed by atoms with Crippen LogP contribution in [0.25, 0.3) is 0 Å². The van der Waals surface area contributed by atoms with E-state index in [1.54, 1.807) is 13.0 Å². The monoisotopic (exact) mass is 292 g/mol. The van der Waals surface area contributed by atoms with E-state index in [1.165, 1.54) is 6.08 Å². The number of halogens is 1. The van der Waals surface area contributed by atoms with E-state index in [1.807, 2.05) is 12.1 Å². The fourth-order valence-corrected chi connectivity index (χ4v) is 2.14. The third kappa shape index (κ3) is 6.54. The van der Waals surface area contributed by atoms with Gasteiger partial charge in [0.15, 0.2) is 0 Å². The Morgan fingerprint density at radius 2 is 2.14 bits per heavy atom. The van der Waals surface area contributed by atoms with Crippen molar-refractivity contribution in [3.05, 3.63) is 47.8 Å². The highest BCUT2D eigenvalue weighted by Gasteiger charge is 2.06. The molecule has 0 fully saturated rings. The first kappa shape index (κ1) is 17.4. The molecule has 1 N–H and O–H groups in total. The van der Waals surface area contributed by atoms with Crippen LogP contribution in [-0.4, -0.2) is 37.0 Å². The Kier molecular flexibility index (Phi) is 7.69. The lowest BCUT2D eigenvalue weighted by molar-refractivity contribution is -0.116. The minimum Gasteiger partial charge on any atom is -0.351 e. The number of hydrogen-bond donors (Lipinski definition) is 1. The number of benzene rings is 1. The highest BCUT2D eigenvalue weighted by atomic mass is 19.1. The Morgan fingerprint density at radius 3 is 2.76 bits per heavy atom. The summed E-state index contributed by atoms with van der Waals surface area (Å²) in [5.74, 6) is -0.292. The van der Waals surface area contributed by atoms with Gasteiger partial charge in [-0.1, -0.05) is 25.6 Å². The van der Waals surface area contributed by atoms with Gasteiger partial charge in [-0.2, -0.15) is 0 Å². The van der Waals surface area contributed by atoms with E-state index in [4.69, 9.17) is 0 Å². The molecule has 1 aromatic rings. The smallest absolute Gasteiger partial charge is 0.243 e. The number of hydrogen-bond acceptors (Lipinski definition) is 2. The fraction of sp³-hybridized carbons (Fsp3) is 0.471. The fourth-order valence-electron chi connectivity index (χ4n) is 2.14. The molecule has 0 aliphatic rings. The number of carbonyl (C=O) groups is 1. The van der Waals surface area contributed by atoms with Crippen LogP contribution in [0.15, 0.2) is 30.9 Å². The number of rotatable bonds is 9. The summed E-state index contributed by atoms with van der Waals surface area (Å²) in [5.41, 5.74) is 1.69. The van der Waals surface area contributed by atoms with Crippen LogP contribution in [0.4, 0.5) is 4.39 Å². The van der Waals surface area contributed by atoms with E-state index in [-0.39, 0.29) is 11.7 Å². The largest absolute Gasteiger partial charge is 0.351 e. The summed E-state index contributed by atoms with van der Waals surface area (Å²) in [7, 11) is 0. The molecule has 1 rings (SSSR count). The van der Waals surface area contributed by atoms with Crippen LogP contribution in [0.1, 0.15) is 24.5 Å². The topological polar surface area (TPSA) is 32.3 Å². The Hall–Kier alpha value is -1.68. The second kappa shape index (κ2) is 9.29. The molecule has 0 bridgehead atoms. The van der Waals surface area contributed by atoms with Crippen molar-refractivity contribution in [2.24, 2.45) is 0 Å². The van der Waals surface area contributed by atoms with Crippen LogP contribution < -0.4 is 5.32 Å². The minimum absolute atomic E-state index is 0.146. The van der Waals surface area contributed by atoms with Gasteiger partial charge in [-0.3, -0.25) is 4.79 Å². The van der Waals surface area contributed by atoms with Crippen molar-refractivity contribution in [2.45, 2.75) is 26.7 Å². The van der Waals surface area contributed by atoms with Gasteiger partial charge in [0, 0.05) is 19.6 Å². The standard InChI is InChI=1S/C17H25FN2O/c1-4-10-20(12-9-19-17(21)5-2)11-8-15-7-6-14(3)16(18)13-15/h5-7,13H,2,4,8-12H2,1,3H3,(H,19,21). The van der Waals surface area contributed by atoms with Crippen LogP contribution in [0.2, 0.25) is 0 Å². The number of nitrogens with zero attached hydrogens (tertiary/aromatic N) is 1. The summed E-state index contributed by atoms with van der Waals surface area (Å²) < 4.78 is 13.5. The molecule has 0 atom stereocenters. The van der Waals surface area contributed by atoms with Crippen LogP contribution in [0, 0.1) is 12.7 Å². The maximum atomic E-state index is 13.5. The zero-order valence-electron chi connectivity index (χ0n) is 13.0. The Bertz CT molecular complexity index is 474. The van der Waals surface area contributed by atoms with Gasteiger partial charge in [0.25, 0.3) is 0 Å². The molecule has 0 aliphatic carbocycles. The lowest BCUT2D eigenvalue weighted by Crippen LogP contribution is -2.35. The Labute approximate surface area is 126 Å². The van der Waals surface area contributed by atoms with E-state index in [0.717, 1.165) is 38.0 Å². The van der Waals surface area contributed by atoms with Crippen LogP contribution in [-0.2, 0) is 11.2 Å². The van der Waals surface area contributed by atoms with Crippen LogP contribution in [0.5, 0.6) is 0 Å². The lowest BCUT2D eigenvalue weighted by Gasteiger charge is -2.21. The highest BCUT2D eigenvalue weighted by molar-refractivity contribution is 5.86. The van der Waals surface area contributed by atoms with Gasteiger partial charge in [-0.15, -0.1) is 0 Å². The SMILES string of the molecule is C=CC(=O)NCCN(CCC)CCc1ccc(C)c(F)c1. The summed E-state index contributed by atoms with van der Waals surface area (Å²) >= 11 is 0. The molecule has 21 heavy (non-hydrogen) atoms. The van der Waals surface area contributed by atoms with E-state index in [2.05, 4.69) is 23.7 Å². The predicted molar refractivity (Wildman–Crippen MR) is 84.8 cm³/mol. The van der Waals surface area contributed by atoms with Crippen LogP contribution >= 0.6 is 0 Å². The molecule has 0 aromatic heterocycles. The molecule has 0 heterocycles. The van der Waals surface area contributed by atoms with Gasteiger partial charge in [-0.05, 0) is 49.6 Å². The van der Waals surface area contributed by atoms with Crippen molar-refractivity contribution < 1.29 is 9.18 Å². The Morgan fingerprint density at radius 1 is 1.38 bits per heavy atom. The predicted octanol–water partition coefficient (Wildman–Crippen LogP) is 2.69. The minimum atomic E-state index is -0.146. The molecule has 0 saturated carbocycles. The summed E-state index contributed by atoms with van der Waals surface area (Å²) in [6.07, 6.45) is 3.14. The molecule has 0 saturated heterocycles. The number of carbonyl (C=O) groups excluding carboxylic acids is 1. The van der Waals surface area contributed by atoms with Crippen molar-refractivity contribution in [2.75, 3.05) is 26.2 Å². The first-order valence-electron chi connectivity index (χ1n) is 7.44. The Balaban J connectivity index is 2.44. The van der Waals surface area contributed by atoms with Crippen molar-refractivity contribution in [3.63, 3.8) is 0 Å². The molecular weight excluding hydrogens is 267 g/mol. The zero-order valence-corrected chi connectivity index (χ0v) is 13.0. The molecular formula is C17H25FN2O. The summed E-state index contributed by atoms with van der Waals surface area (Å²) in [6, 6.07) is 5.40. The third-order valence-electron chi connectivity index (χ3n) is 3.41. The van der Waals surface area contributed by atoms with Gasteiger partial charge in [0.05, 0.1) is 0 Å². The summed E-state index contributed by atoms with van der Waals surface area (Å²) in [4.78, 5) is 13.4. The average Bonchev–Trinajstić information content (AvgIpc) is 2.48. The summed E-state index contributed by atoms with van der Waals surface area (Å²) in [6.45, 7) is 10.5. The van der Waals surface area contributed by atoms with Gasteiger partial charge in [-0.25, -0.2) is 4.39 Å². The quantitative estimate of drug-likeness (QED) is 0.710. The first-order chi connectivity index (χ1) is 10.1. The molecule has 116 valence electrons. The molecule has 0 spiro atoms. The van der Waals surface area contributed by atoms with Crippen molar-refractivity contribution in [1.29, 1.82) is 0 Å².